The Kier molecular flexibility index (Phi) is 5.80. The van der Waals surface area contributed by atoms with Crippen molar-refractivity contribution in [3.05, 3.63) is 102 Å². The van der Waals surface area contributed by atoms with Gasteiger partial charge < -0.3 is 10.1 Å². The number of hydrogen-bond acceptors (Lipinski definition) is 3. The van der Waals surface area contributed by atoms with Crippen LogP contribution < -0.4 is 10.1 Å². The largest absolute Gasteiger partial charge is 0.497 e. The third-order valence-corrected chi connectivity index (χ3v) is 3.96. The fourth-order valence-corrected chi connectivity index (χ4v) is 2.60. The molecule has 0 saturated heterocycles. The van der Waals surface area contributed by atoms with E-state index in [4.69, 9.17) is 4.74 Å². The van der Waals surface area contributed by atoms with Crippen molar-refractivity contribution in [3.63, 3.8) is 0 Å². The second kappa shape index (κ2) is 8.63. The lowest BCUT2D eigenvalue weighted by atomic mass is 10.00. The summed E-state index contributed by atoms with van der Waals surface area (Å²) in [6.45, 7) is 0. The van der Waals surface area contributed by atoms with Gasteiger partial charge in [0.05, 0.1) is 12.7 Å². The highest BCUT2D eigenvalue weighted by Gasteiger charge is 2.20. The zero-order valence-corrected chi connectivity index (χ0v) is 14.9. The summed E-state index contributed by atoms with van der Waals surface area (Å²) in [5, 5.41) is 2.78. The van der Waals surface area contributed by atoms with Crippen LogP contribution in [0.5, 0.6) is 5.75 Å². The molecule has 0 fully saturated rings. The SMILES string of the molecule is COc1cccc(/C=C(/C(=O)Nc2ccccc2)C(=O)c2ccccc2)c1. The molecule has 0 spiro atoms. The number of carbonyl (C=O) groups excluding carboxylic acids is 2. The Morgan fingerprint density at radius 2 is 1.52 bits per heavy atom. The van der Waals surface area contributed by atoms with Gasteiger partial charge >= 0.3 is 0 Å². The fraction of sp³-hybridized carbons (Fsp3) is 0.0435. The lowest BCUT2D eigenvalue weighted by Gasteiger charge is -2.09. The molecule has 27 heavy (non-hydrogen) atoms. The number of methoxy groups -OCH3 is 1. The average molecular weight is 357 g/mol. The smallest absolute Gasteiger partial charge is 0.259 e. The summed E-state index contributed by atoms with van der Waals surface area (Å²) in [4.78, 5) is 25.8. The van der Waals surface area contributed by atoms with Crippen molar-refractivity contribution in [3.8, 4) is 5.75 Å². The zero-order chi connectivity index (χ0) is 19.1. The molecular weight excluding hydrogens is 338 g/mol. The molecule has 0 aromatic heterocycles. The first-order chi connectivity index (χ1) is 13.2. The molecule has 134 valence electrons. The van der Waals surface area contributed by atoms with Crippen molar-refractivity contribution in [2.75, 3.05) is 12.4 Å². The maximum Gasteiger partial charge on any atom is 0.259 e. The van der Waals surface area contributed by atoms with Crippen LogP contribution in [0.4, 0.5) is 5.69 Å². The number of benzene rings is 3. The monoisotopic (exact) mass is 357 g/mol. The van der Waals surface area contributed by atoms with Crippen LogP contribution in [-0.4, -0.2) is 18.8 Å². The predicted octanol–water partition coefficient (Wildman–Crippen LogP) is 4.60. The molecule has 0 aliphatic heterocycles. The van der Waals surface area contributed by atoms with Crippen molar-refractivity contribution in [2.24, 2.45) is 0 Å². The molecule has 0 saturated carbocycles. The molecule has 1 N–H and O–H groups in total. The van der Waals surface area contributed by atoms with Gasteiger partial charge in [-0.1, -0.05) is 60.7 Å². The van der Waals surface area contributed by atoms with Crippen LogP contribution in [0.2, 0.25) is 0 Å². The minimum absolute atomic E-state index is 0.0540. The maximum atomic E-state index is 13.0. The van der Waals surface area contributed by atoms with Gasteiger partial charge in [-0.3, -0.25) is 9.59 Å². The van der Waals surface area contributed by atoms with Gasteiger partial charge in [-0.15, -0.1) is 0 Å². The van der Waals surface area contributed by atoms with Crippen LogP contribution in [0.25, 0.3) is 6.08 Å². The minimum atomic E-state index is -0.460. The van der Waals surface area contributed by atoms with Crippen LogP contribution in [0, 0.1) is 0 Å². The molecular formula is C23H19NO3. The predicted molar refractivity (Wildman–Crippen MR) is 107 cm³/mol. The van der Waals surface area contributed by atoms with E-state index in [9.17, 15) is 9.59 Å². The number of rotatable bonds is 6. The highest BCUT2D eigenvalue weighted by Crippen LogP contribution is 2.19. The number of nitrogens with one attached hydrogen (secondary N) is 1. The molecule has 0 bridgehead atoms. The Morgan fingerprint density at radius 3 is 2.19 bits per heavy atom. The molecule has 4 nitrogen and oxygen atoms in total. The number of hydrogen-bond donors (Lipinski definition) is 1. The highest BCUT2D eigenvalue weighted by molar-refractivity contribution is 6.31. The number of carbonyl (C=O) groups is 2. The average Bonchev–Trinajstić information content (AvgIpc) is 2.73. The first-order valence-corrected chi connectivity index (χ1v) is 8.49. The molecule has 0 radical (unpaired) electrons. The van der Waals surface area contributed by atoms with Crippen LogP contribution in [-0.2, 0) is 4.79 Å². The van der Waals surface area contributed by atoms with E-state index in [2.05, 4.69) is 5.32 Å². The van der Waals surface area contributed by atoms with E-state index >= 15 is 0 Å². The van der Waals surface area contributed by atoms with E-state index in [0.29, 0.717) is 22.6 Å². The summed E-state index contributed by atoms with van der Waals surface area (Å²) < 4.78 is 5.22. The van der Waals surface area contributed by atoms with Gasteiger partial charge in [0.1, 0.15) is 5.75 Å². The molecule has 0 aliphatic carbocycles. The molecule has 3 rings (SSSR count). The summed E-state index contributed by atoms with van der Waals surface area (Å²) >= 11 is 0. The Balaban J connectivity index is 1.98. The normalized spacial score (nSPS) is 10.9. The molecule has 3 aromatic carbocycles. The summed E-state index contributed by atoms with van der Waals surface area (Å²) in [6, 6.07) is 25.0. The van der Waals surface area contributed by atoms with Crippen molar-refractivity contribution < 1.29 is 14.3 Å². The molecule has 4 heteroatoms. The second-order valence-corrected chi connectivity index (χ2v) is 5.85. The van der Waals surface area contributed by atoms with E-state index < -0.39 is 5.91 Å². The fourth-order valence-electron chi connectivity index (χ4n) is 2.60. The highest BCUT2D eigenvalue weighted by atomic mass is 16.5. The van der Waals surface area contributed by atoms with Crippen LogP contribution in [0.1, 0.15) is 15.9 Å². The van der Waals surface area contributed by atoms with Gasteiger partial charge in [0, 0.05) is 11.3 Å². The van der Waals surface area contributed by atoms with Crippen molar-refractivity contribution >= 4 is 23.5 Å². The van der Waals surface area contributed by atoms with Crippen LogP contribution in [0.3, 0.4) is 0 Å². The third-order valence-electron chi connectivity index (χ3n) is 3.96. The summed E-state index contributed by atoms with van der Waals surface area (Å²) in [7, 11) is 1.57. The Bertz CT molecular complexity index is 963. The molecule has 0 heterocycles. The lowest BCUT2D eigenvalue weighted by Crippen LogP contribution is -2.20. The van der Waals surface area contributed by atoms with E-state index in [0.717, 1.165) is 0 Å². The Morgan fingerprint density at radius 1 is 0.852 bits per heavy atom. The maximum absolute atomic E-state index is 13.0. The second-order valence-electron chi connectivity index (χ2n) is 5.85. The number of anilines is 1. The third kappa shape index (κ3) is 4.70. The Hall–Kier alpha value is -3.66. The van der Waals surface area contributed by atoms with Crippen molar-refractivity contribution in [1.82, 2.24) is 0 Å². The zero-order valence-electron chi connectivity index (χ0n) is 14.9. The lowest BCUT2D eigenvalue weighted by molar-refractivity contribution is -0.112. The quantitative estimate of drug-likeness (QED) is 0.304. The van der Waals surface area contributed by atoms with Crippen LogP contribution in [0.15, 0.2) is 90.5 Å². The first kappa shape index (κ1) is 18.1. The number of para-hydroxylation sites is 1. The van der Waals surface area contributed by atoms with Gasteiger partial charge in [-0.05, 0) is 35.9 Å². The van der Waals surface area contributed by atoms with E-state index in [1.54, 1.807) is 61.7 Å². The van der Waals surface area contributed by atoms with Crippen molar-refractivity contribution in [2.45, 2.75) is 0 Å². The van der Waals surface area contributed by atoms with Gasteiger partial charge in [0.15, 0.2) is 5.78 Å². The molecule has 0 atom stereocenters. The number of ketones is 1. The molecule has 3 aromatic rings. The molecule has 0 unspecified atom stereocenters. The van der Waals surface area contributed by atoms with Gasteiger partial charge in [0.25, 0.3) is 5.91 Å². The number of ether oxygens (including phenoxy) is 1. The minimum Gasteiger partial charge on any atom is -0.497 e. The number of amides is 1. The summed E-state index contributed by atoms with van der Waals surface area (Å²) in [5.74, 6) is -0.150. The standard InChI is InChI=1S/C23H19NO3/c1-27-20-14-8-9-17(15-20)16-21(22(25)18-10-4-2-5-11-18)23(26)24-19-12-6-3-7-13-19/h2-16H,1H3,(H,24,26)/b21-16+. The van der Waals surface area contributed by atoms with Gasteiger partial charge in [-0.2, -0.15) is 0 Å². The Labute approximate surface area is 158 Å². The van der Waals surface area contributed by atoms with E-state index in [-0.39, 0.29) is 11.4 Å². The topological polar surface area (TPSA) is 55.4 Å². The summed E-state index contributed by atoms with van der Waals surface area (Å²) in [6.07, 6.45) is 1.58. The van der Waals surface area contributed by atoms with E-state index in [1.165, 1.54) is 0 Å². The number of Topliss-reactive ketones (excluding diaryl/α,β-unsaturated/α-hetero) is 1. The van der Waals surface area contributed by atoms with E-state index in [1.807, 2.05) is 36.4 Å². The molecule has 0 aliphatic rings. The molecule has 1 amide bonds. The van der Waals surface area contributed by atoms with Gasteiger partial charge in [-0.25, -0.2) is 0 Å². The van der Waals surface area contributed by atoms with Crippen LogP contribution >= 0.6 is 0 Å². The van der Waals surface area contributed by atoms with Gasteiger partial charge in [0.2, 0.25) is 0 Å². The van der Waals surface area contributed by atoms with Crippen molar-refractivity contribution in [1.29, 1.82) is 0 Å². The first-order valence-electron chi connectivity index (χ1n) is 8.49. The summed E-state index contributed by atoms with van der Waals surface area (Å²) in [5.41, 5.74) is 1.84.